The van der Waals surface area contributed by atoms with Gasteiger partial charge in [-0.15, -0.1) is 0 Å². The third kappa shape index (κ3) is 6.95. The van der Waals surface area contributed by atoms with Crippen molar-refractivity contribution in [3.63, 3.8) is 0 Å². The number of hydrogen-bond donors (Lipinski definition) is 0. The van der Waals surface area contributed by atoms with Crippen molar-refractivity contribution in [1.82, 2.24) is 0 Å². The zero-order valence-corrected chi connectivity index (χ0v) is 20.9. The summed E-state index contributed by atoms with van der Waals surface area (Å²) in [5.74, 6) is 2.45. The standard InChI is InChI=1S/C28H31NO7/c1-19(2)28(30)34-12-8-6-5-7-11-33-27-25(31-3)14-20(15-26(27)32-4)13-22(17-29)21-9-10-23-24(16-21)36-18-35-23/h9-10,13-16H,1,5-8,11-12,18H2,2-4H3. The van der Waals surface area contributed by atoms with Gasteiger partial charge in [0, 0.05) is 5.57 Å². The highest BCUT2D eigenvalue weighted by molar-refractivity contribution is 5.91. The number of fused-ring (bicyclic) bond motifs is 1. The van der Waals surface area contributed by atoms with E-state index in [1.54, 1.807) is 51.5 Å². The van der Waals surface area contributed by atoms with Crippen molar-refractivity contribution in [2.24, 2.45) is 0 Å². The molecule has 2 aromatic carbocycles. The van der Waals surface area contributed by atoms with Crippen LogP contribution in [0.25, 0.3) is 11.6 Å². The molecule has 0 unspecified atom stereocenters. The summed E-state index contributed by atoms with van der Waals surface area (Å²) in [6.45, 7) is 6.24. The van der Waals surface area contributed by atoms with Gasteiger partial charge in [0.15, 0.2) is 23.0 Å². The summed E-state index contributed by atoms with van der Waals surface area (Å²) in [5.41, 5.74) is 2.31. The minimum Gasteiger partial charge on any atom is -0.493 e. The van der Waals surface area contributed by atoms with Crippen LogP contribution in [-0.2, 0) is 9.53 Å². The summed E-state index contributed by atoms with van der Waals surface area (Å²) in [7, 11) is 3.12. The quantitative estimate of drug-likeness (QED) is 0.118. The molecule has 0 radical (unpaired) electrons. The number of esters is 1. The normalized spacial score (nSPS) is 12.0. The van der Waals surface area contributed by atoms with Crippen molar-refractivity contribution in [3.05, 3.63) is 53.6 Å². The van der Waals surface area contributed by atoms with Crippen molar-refractivity contribution < 1.29 is 33.2 Å². The van der Waals surface area contributed by atoms with E-state index in [0.29, 0.717) is 53.1 Å². The fraction of sp³-hybridized carbons (Fsp3) is 0.357. The van der Waals surface area contributed by atoms with E-state index < -0.39 is 0 Å². The Bertz CT molecular complexity index is 1140. The van der Waals surface area contributed by atoms with Crippen LogP contribution in [0.4, 0.5) is 0 Å². The molecule has 0 amide bonds. The summed E-state index contributed by atoms with van der Waals surface area (Å²) >= 11 is 0. The highest BCUT2D eigenvalue weighted by Gasteiger charge is 2.17. The van der Waals surface area contributed by atoms with E-state index in [2.05, 4.69) is 12.6 Å². The lowest BCUT2D eigenvalue weighted by atomic mass is 10.0. The van der Waals surface area contributed by atoms with Crippen LogP contribution in [0.15, 0.2) is 42.5 Å². The summed E-state index contributed by atoms with van der Waals surface area (Å²) in [6.07, 6.45) is 5.22. The number of nitrogens with zero attached hydrogens (tertiary/aromatic N) is 1. The van der Waals surface area contributed by atoms with Crippen LogP contribution in [0.2, 0.25) is 0 Å². The number of hydrogen-bond acceptors (Lipinski definition) is 8. The Kier molecular flexibility index (Phi) is 9.64. The maximum atomic E-state index is 11.4. The van der Waals surface area contributed by atoms with Crippen molar-refractivity contribution in [1.29, 1.82) is 5.26 Å². The second-order valence-electron chi connectivity index (χ2n) is 8.17. The SMILES string of the molecule is C=C(C)C(=O)OCCCCCCOc1c(OC)cc(C=C(C#N)c2ccc3c(c2)OCO3)cc1OC. The molecular formula is C28H31NO7. The molecule has 0 saturated heterocycles. The summed E-state index contributed by atoms with van der Waals surface area (Å²) in [4.78, 5) is 11.4. The first-order valence-electron chi connectivity index (χ1n) is 11.7. The smallest absolute Gasteiger partial charge is 0.333 e. The van der Waals surface area contributed by atoms with Crippen LogP contribution >= 0.6 is 0 Å². The monoisotopic (exact) mass is 493 g/mol. The molecule has 0 atom stereocenters. The highest BCUT2D eigenvalue weighted by Crippen LogP contribution is 2.40. The van der Waals surface area contributed by atoms with E-state index >= 15 is 0 Å². The molecule has 8 nitrogen and oxygen atoms in total. The molecule has 0 aromatic heterocycles. The van der Waals surface area contributed by atoms with Crippen LogP contribution in [0.1, 0.15) is 43.7 Å². The average molecular weight is 494 g/mol. The number of allylic oxidation sites excluding steroid dienone is 1. The van der Waals surface area contributed by atoms with Crippen LogP contribution < -0.4 is 23.7 Å². The van der Waals surface area contributed by atoms with Crippen molar-refractivity contribution in [2.75, 3.05) is 34.2 Å². The summed E-state index contributed by atoms with van der Waals surface area (Å²) < 4.78 is 33.0. The zero-order valence-electron chi connectivity index (χ0n) is 20.9. The highest BCUT2D eigenvalue weighted by atomic mass is 16.7. The van der Waals surface area contributed by atoms with Crippen molar-refractivity contribution >= 4 is 17.6 Å². The molecule has 0 spiro atoms. The minimum absolute atomic E-state index is 0.172. The lowest BCUT2D eigenvalue weighted by molar-refractivity contribution is -0.139. The largest absolute Gasteiger partial charge is 0.493 e. The van der Waals surface area contributed by atoms with Gasteiger partial charge in [-0.05, 0) is 80.1 Å². The Labute approximate surface area is 211 Å². The molecule has 36 heavy (non-hydrogen) atoms. The number of benzene rings is 2. The van der Waals surface area contributed by atoms with E-state index in [0.717, 1.165) is 36.8 Å². The molecule has 2 aromatic rings. The van der Waals surface area contributed by atoms with E-state index in [1.165, 1.54) is 0 Å². The van der Waals surface area contributed by atoms with Crippen LogP contribution in [0.5, 0.6) is 28.7 Å². The van der Waals surface area contributed by atoms with Crippen LogP contribution in [-0.4, -0.2) is 40.2 Å². The van der Waals surface area contributed by atoms with Gasteiger partial charge < -0.3 is 28.4 Å². The van der Waals surface area contributed by atoms with Gasteiger partial charge in [-0.1, -0.05) is 6.58 Å². The molecule has 0 N–H and O–H groups in total. The molecule has 0 saturated carbocycles. The van der Waals surface area contributed by atoms with E-state index in [4.69, 9.17) is 28.4 Å². The summed E-state index contributed by atoms with van der Waals surface area (Å²) in [5, 5.41) is 9.76. The second kappa shape index (κ2) is 13.1. The molecule has 0 fully saturated rings. The third-order valence-corrected chi connectivity index (χ3v) is 5.46. The zero-order chi connectivity index (χ0) is 25.9. The van der Waals surface area contributed by atoms with Gasteiger partial charge in [-0.3, -0.25) is 0 Å². The second-order valence-corrected chi connectivity index (χ2v) is 8.17. The fourth-order valence-electron chi connectivity index (χ4n) is 3.56. The number of carbonyl (C=O) groups is 1. The topological polar surface area (TPSA) is 96.2 Å². The fourth-order valence-corrected chi connectivity index (χ4v) is 3.56. The molecule has 1 aliphatic heterocycles. The van der Waals surface area contributed by atoms with Gasteiger partial charge in [-0.25, -0.2) is 4.79 Å². The average Bonchev–Trinajstić information content (AvgIpc) is 3.36. The van der Waals surface area contributed by atoms with Crippen molar-refractivity contribution in [3.8, 4) is 34.8 Å². The molecular weight excluding hydrogens is 462 g/mol. The molecule has 8 heteroatoms. The summed E-state index contributed by atoms with van der Waals surface area (Å²) in [6, 6.07) is 11.2. The van der Waals surface area contributed by atoms with Crippen molar-refractivity contribution in [2.45, 2.75) is 32.6 Å². The van der Waals surface area contributed by atoms with Gasteiger partial charge in [-0.2, -0.15) is 5.26 Å². The van der Waals surface area contributed by atoms with Gasteiger partial charge in [0.1, 0.15) is 0 Å². The molecule has 1 aliphatic rings. The Balaban J connectivity index is 1.62. The lowest BCUT2D eigenvalue weighted by Gasteiger charge is -2.15. The van der Waals surface area contributed by atoms with Gasteiger partial charge in [0.2, 0.25) is 12.5 Å². The Hall–Kier alpha value is -4.12. The number of rotatable bonds is 13. The predicted molar refractivity (Wildman–Crippen MR) is 135 cm³/mol. The van der Waals surface area contributed by atoms with E-state index in [1.807, 2.05) is 6.07 Å². The number of methoxy groups -OCH3 is 2. The predicted octanol–water partition coefficient (Wildman–Crippen LogP) is 5.56. The maximum absolute atomic E-state index is 11.4. The van der Waals surface area contributed by atoms with Crippen LogP contribution in [0.3, 0.4) is 0 Å². The number of nitriles is 1. The number of ether oxygens (including phenoxy) is 6. The lowest BCUT2D eigenvalue weighted by Crippen LogP contribution is -2.06. The van der Waals surface area contributed by atoms with Gasteiger partial charge >= 0.3 is 5.97 Å². The van der Waals surface area contributed by atoms with Crippen LogP contribution in [0, 0.1) is 11.3 Å². The first-order valence-corrected chi connectivity index (χ1v) is 11.7. The molecule has 3 rings (SSSR count). The molecule has 190 valence electrons. The molecule has 0 bridgehead atoms. The molecule has 1 heterocycles. The molecule has 0 aliphatic carbocycles. The first-order chi connectivity index (χ1) is 17.5. The van der Waals surface area contributed by atoms with Gasteiger partial charge in [0.25, 0.3) is 0 Å². The first kappa shape index (κ1) is 26.5. The Morgan fingerprint density at radius 2 is 1.69 bits per heavy atom. The minimum atomic E-state index is -0.353. The third-order valence-electron chi connectivity index (χ3n) is 5.46. The van der Waals surface area contributed by atoms with E-state index in [-0.39, 0.29) is 12.8 Å². The maximum Gasteiger partial charge on any atom is 0.333 e. The Morgan fingerprint density at radius 1 is 1.03 bits per heavy atom. The number of unbranched alkanes of at least 4 members (excludes halogenated alkanes) is 3. The van der Waals surface area contributed by atoms with Gasteiger partial charge in [0.05, 0.1) is 39.1 Å². The Morgan fingerprint density at radius 3 is 2.33 bits per heavy atom. The van der Waals surface area contributed by atoms with E-state index in [9.17, 15) is 10.1 Å². The number of carbonyl (C=O) groups excluding carboxylic acids is 1.